The van der Waals surface area contributed by atoms with Crippen molar-refractivity contribution in [3.63, 3.8) is 0 Å². The van der Waals surface area contributed by atoms with Gasteiger partial charge in [-0.15, -0.1) is 0 Å². The molecule has 0 aromatic heterocycles. The van der Waals surface area contributed by atoms with Crippen LogP contribution in [0, 0.1) is 5.92 Å². The predicted octanol–water partition coefficient (Wildman–Crippen LogP) is 1.53. The fraction of sp³-hybridized carbons (Fsp3) is 0.650. The van der Waals surface area contributed by atoms with Crippen molar-refractivity contribution in [2.45, 2.75) is 61.6 Å². The summed E-state index contributed by atoms with van der Waals surface area (Å²) in [7, 11) is 0. The summed E-state index contributed by atoms with van der Waals surface area (Å²) in [5, 5.41) is 22.5. The van der Waals surface area contributed by atoms with Crippen LogP contribution < -0.4 is 4.74 Å². The number of Topliss-reactive ketones (excluding diaryl/α,β-unsaturated/α-hetero) is 1. The lowest BCUT2D eigenvalue weighted by Crippen LogP contribution is -2.76. The Labute approximate surface area is 150 Å². The fourth-order valence-corrected chi connectivity index (χ4v) is 5.74. The first-order valence-electron chi connectivity index (χ1n) is 10.7. The predicted molar refractivity (Wildman–Crippen MR) is 89.8 cm³/mol. The highest BCUT2D eigenvalue weighted by molar-refractivity contribution is 5.90. The number of carbonyl (C=O) groups is 1. The molecule has 3 aliphatic carbocycles. The van der Waals surface area contributed by atoms with E-state index < -0.39 is 29.3 Å². The number of hydrogen-bond acceptors (Lipinski definition) is 5. The number of aliphatic hydroxyl groups is 1. The molecule has 2 bridgehead atoms. The highest BCUT2D eigenvalue weighted by Crippen LogP contribution is 2.64. The summed E-state index contributed by atoms with van der Waals surface area (Å²) in [6.07, 6.45) is -1.81. The van der Waals surface area contributed by atoms with E-state index in [0.717, 1.165) is 12.1 Å². The quantitative estimate of drug-likeness (QED) is 0.851. The van der Waals surface area contributed by atoms with Gasteiger partial charge in [0.15, 0.2) is 23.4 Å². The lowest BCUT2D eigenvalue weighted by Gasteiger charge is -2.62. The first kappa shape index (κ1) is 11.9. The molecule has 1 saturated heterocycles. The molecule has 25 heavy (non-hydrogen) atoms. The molecule has 5 nitrogen and oxygen atoms in total. The molecular weight excluding hydrogens is 318 g/mol. The maximum absolute atomic E-state index is 13.1. The van der Waals surface area contributed by atoms with E-state index in [1.807, 2.05) is 0 Å². The van der Waals surface area contributed by atoms with E-state index in [9.17, 15) is 15.0 Å². The van der Waals surface area contributed by atoms with E-state index in [1.165, 1.54) is 18.9 Å². The van der Waals surface area contributed by atoms with Crippen molar-refractivity contribution >= 4 is 5.78 Å². The largest absolute Gasteiger partial charge is 0.504 e. The van der Waals surface area contributed by atoms with Crippen LogP contribution in [-0.4, -0.2) is 51.7 Å². The van der Waals surface area contributed by atoms with Gasteiger partial charge in [-0.25, -0.2) is 0 Å². The lowest BCUT2D eigenvalue weighted by atomic mass is 9.49. The second-order valence-corrected chi connectivity index (χ2v) is 8.30. The van der Waals surface area contributed by atoms with Gasteiger partial charge >= 0.3 is 0 Å². The molecule has 2 N–H and O–H groups in total. The third-order valence-corrected chi connectivity index (χ3v) is 7.07. The second kappa shape index (κ2) is 4.38. The number of carbonyl (C=O) groups excluding carboxylic acids is 1. The number of nitrogens with zero attached hydrogens (tertiary/aromatic N) is 1. The number of aromatic hydroxyl groups is 1. The van der Waals surface area contributed by atoms with Gasteiger partial charge in [0.2, 0.25) is 0 Å². The highest BCUT2D eigenvalue weighted by atomic mass is 16.5. The summed E-state index contributed by atoms with van der Waals surface area (Å²) >= 11 is 0. The van der Waals surface area contributed by atoms with Gasteiger partial charge in [-0.05, 0) is 56.2 Å². The summed E-state index contributed by atoms with van der Waals surface area (Å²) in [6, 6.07) is 2.93. The third-order valence-electron chi connectivity index (χ3n) is 7.07. The van der Waals surface area contributed by atoms with Gasteiger partial charge in [0.05, 0.1) is 12.4 Å². The van der Waals surface area contributed by atoms with Crippen LogP contribution in [0.1, 0.15) is 47.3 Å². The zero-order valence-corrected chi connectivity index (χ0v) is 13.9. The van der Waals surface area contributed by atoms with E-state index in [2.05, 4.69) is 4.90 Å². The minimum Gasteiger partial charge on any atom is -0.504 e. The molecule has 1 aromatic carbocycles. The van der Waals surface area contributed by atoms with E-state index in [0.29, 0.717) is 30.9 Å². The van der Waals surface area contributed by atoms with Crippen LogP contribution >= 0.6 is 0 Å². The average molecular weight is 344 g/mol. The molecule has 5 aliphatic rings. The molecule has 1 aromatic rings. The van der Waals surface area contributed by atoms with Crippen LogP contribution in [0.4, 0.5) is 0 Å². The summed E-state index contributed by atoms with van der Waals surface area (Å²) in [4.78, 5) is 15.4. The van der Waals surface area contributed by atoms with Crippen LogP contribution in [0.15, 0.2) is 12.1 Å². The molecule has 0 unspecified atom stereocenters. The SMILES string of the molecule is [2H]C1([2H])C[C@@]2(O)[C@H]3Cc4ccc(O)c5c4[C@@]2(CCN3CC2CC2)[C@@]([2H])(O5)C1=O. The Morgan fingerprint density at radius 1 is 1.40 bits per heavy atom. The summed E-state index contributed by atoms with van der Waals surface area (Å²) < 4.78 is 31.5. The van der Waals surface area contributed by atoms with Gasteiger partial charge in [0.25, 0.3) is 0 Å². The smallest absolute Gasteiger partial charge is 0.174 e. The van der Waals surface area contributed by atoms with Crippen LogP contribution in [0.5, 0.6) is 11.5 Å². The van der Waals surface area contributed by atoms with E-state index in [4.69, 9.17) is 8.85 Å². The minimum absolute atomic E-state index is 0.0751. The summed E-state index contributed by atoms with van der Waals surface area (Å²) in [6.45, 7) is 1.48. The molecule has 1 spiro atoms. The van der Waals surface area contributed by atoms with Gasteiger partial charge in [0, 0.05) is 27.3 Å². The lowest BCUT2D eigenvalue weighted by molar-refractivity contribution is -0.188. The van der Waals surface area contributed by atoms with Crippen molar-refractivity contribution in [1.29, 1.82) is 0 Å². The van der Waals surface area contributed by atoms with Crippen LogP contribution in [-0.2, 0) is 16.6 Å². The van der Waals surface area contributed by atoms with Crippen molar-refractivity contribution in [3.8, 4) is 11.5 Å². The van der Waals surface area contributed by atoms with Crippen molar-refractivity contribution in [1.82, 2.24) is 4.90 Å². The molecule has 0 amide bonds. The number of benzene rings is 1. The number of phenolic OH excluding ortho intramolecular Hbond substituents is 1. The Balaban J connectivity index is 1.64. The Morgan fingerprint density at radius 3 is 3.04 bits per heavy atom. The van der Waals surface area contributed by atoms with Gasteiger partial charge in [-0.2, -0.15) is 0 Å². The molecule has 6 rings (SSSR count). The van der Waals surface area contributed by atoms with Gasteiger partial charge in [-0.1, -0.05) is 6.07 Å². The van der Waals surface area contributed by atoms with Crippen molar-refractivity contribution in [3.05, 3.63) is 23.3 Å². The topological polar surface area (TPSA) is 70.0 Å². The molecule has 3 fully saturated rings. The van der Waals surface area contributed by atoms with Crippen molar-refractivity contribution < 1.29 is 23.9 Å². The molecule has 2 heterocycles. The normalized spacial score (nSPS) is 48.1. The molecule has 4 atom stereocenters. The van der Waals surface area contributed by atoms with Crippen molar-refractivity contribution in [2.24, 2.45) is 5.92 Å². The molecule has 2 saturated carbocycles. The number of rotatable bonds is 2. The Hall–Kier alpha value is -1.59. The average Bonchev–Trinajstić information content (AvgIpc) is 3.37. The fourth-order valence-electron chi connectivity index (χ4n) is 5.74. The minimum atomic E-state index is -2.37. The zero-order chi connectivity index (χ0) is 19.7. The zero-order valence-electron chi connectivity index (χ0n) is 16.9. The monoisotopic (exact) mass is 344 g/mol. The molecular formula is C20H23NO4. The Morgan fingerprint density at radius 2 is 2.24 bits per heavy atom. The van der Waals surface area contributed by atoms with Crippen LogP contribution in [0.3, 0.4) is 0 Å². The molecule has 132 valence electrons. The number of ether oxygens (including phenoxy) is 1. The number of hydrogen-bond donors (Lipinski definition) is 2. The maximum atomic E-state index is 13.1. The van der Waals surface area contributed by atoms with E-state index >= 15 is 0 Å². The molecule has 5 heteroatoms. The second-order valence-electron chi connectivity index (χ2n) is 8.30. The van der Waals surface area contributed by atoms with Gasteiger partial charge in [0.1, 0.15) is 0 Å². The number of phenols is 1. The summed E-state index contributed by atoms with van der Waals surface area (Å²) in [5.41, 5.74) is -1.52. The number of ketones is 1. The van der Waals surface area contributed by atoms with E-state index in [-0.39, 0.29) is 24.0 Å². The van der Waals surface area contributed by atoms with Crippen LogP contribution in [0.2, 0.25) is 0 Å². The number of piperidine rings is 1. The van der Waals surface area contributed by atoms with Crippen LogP contribution in [0.25, 0.3) is 0 Å². The first-order chi connectivity index (χ1) is 13.1. The molecule has 0 radical (unpaired) electrons. The van der Waals surface area contributed by atoms with Gasteiger partial charge < -0.3 is 14.9 Å². The van der Waals surface area contributed by atoms with E-state index in [1.54, 1.807) is 6.07 Å². The molecule has 2 aliphatic heterocycles. The third kappa shape index (κ3) is 1.56. The standard InChI is InChI=1S/C20H23NO4/c22-13-4-3-12-9-15-20(24)6-5-14(23)18-19(20,16(12)17(13)25-18)7-8-21(15)10-11-1-2-11/h3-4,11,15,18,22,24H,1-2,5-10H2/t15-,18+,19+,20-/m1/s1/i5D2,18D. The highest BCUT2D eigenvalue weighted by Gasteiger charge is 2.73. The van der Waals surface area contributed by atoms with Gasteiger partial charge in [-0.3, -0.25) is 9.69 Å². The Kier molecular flexibility index (Phi) is 2.09. The Bertz CT molecular complexity index is 934. The first-order valence-corrected chi connectivity index (χ1v) is 9.20. The summed E-state index contributed by atoms with van der Waals surface area (Å²) in [5.74, 6) is -0.436. The maximum Gasteiger partial charge on any atom is 0.174 e. The van der Waals surface area contributed by atoms with Crippen molar-refractivity contribution in [2.75, 3.05) is 13.1 Å². The number of likely N-dealkylation sites (tertiary alicyclic amines) is 1.